The van der Waals surface area contributed by atoms with Gasteiger partial charge in [0.2, 0.25) is 0 Å². The molecule has 1 heterocycles. The molecule has 0 N–H and O–H groups in total. The summed E-state index contributed by atoms with van der Waals surface area (Å²) in [4.78, 5) is 23.9. The van der Waals surface area contributed by atoms with Gasteiger partial charge in [0.25, 0.3) is 5.91 Å². The molecular weight excluding hydrogens is 334 g/mol. The Balaban J connectivity index is 1.66. The Kier molecular flexibility index (Phi) is 4.88. The van der Waals surface area contributed by atoms with Crippen LogP contribution in [0.2, 0.25) is 0 Å². The average molecular weight is 353 g/mol. The Bertz CT molecular complexity index is 1010. The van der Waals surface area contributed by atoms with Crippen LogP contribution >= 0.6 is 0 Å². The van der Waals surface area contributed by atoms with Gasteiger partial charge in [0.1, 0.15) is 5.69 Å². The van der Waals surface area contributed by atoms with E-state index in [4.69, 9.17) is 0 Å². The molecule has 4 heteroatoms. The Morgan fingerprint density at radius 1 is 0.704 bits per heavy atom. The Hall–Kier alpha value is -3.53. The average Bonchev–Trinajstić information content (AvgIpc) is 2.74. The fourth-order valence-electron chi connectivity index (χ4n) is 3.03. The molecular formula is C23H19N3O. The van der Waals surface area contributed by atoms with E-state index in [0.29, 0.717) is 18.8 Å². The maximum atomic E-state index is 13.2. The van der Waals surface area contributed by atoms with Crippen molar-refractivity contribution in [1.29, 1.82) is 0 Å². The molecule has 4 aromatic rings. The lowest BCUT2D eigenvalue weighted by Crippen LogP contribution is -2.31. The topological polar surface area (TPSA) is 46.1 Å². The van der Waals surface area contributed by atoms with Gasteiger partial charge in [-0.25, -0.2) is 4.98 Å². The van der Waals surface area contributed by atoms with E-state index in [9.17, 15) is 4.79 Å². The standard InChI is InChI=1S/C23H19N3O/c27-23(22-15-24-20-13-7-8-14-21(20)25-22)26(16-18-9-3-1-4-10-18)17-19-11-5-2-6-12-19/h1-15H,16-17H2. The molecule has 0 atom stereocenters. The molecule has 27 heavy (non-hydrogen) atoms. The minimum Gasteiger partial charge on any atom is -0.329 e. The van der Waals surface area contributed by atoms with Crippen LogP contribution in [-0.2, 0) is 13.1 Å². The van der Waals surface area contributed by atoms with Gasteiger partial charge in [0.05, 0.1) is 17.2 Å². The van der Waals surface area contributed by atoms with Gasteiger partial charge in [-0.1, -0.05) is 72.8 Å². The summed E-state index contributed by atoms with van der Waals surface area (Å²) in [6, 6.07) is 27.6. The van der Waals surface area contributed by atoms with E-state index >= 15 is 0 Å². The number of benzene rings is 3. The van der Waals surface area contributed by atoms with Crippen molar-refractivity contribution < 1.29 is 4.79 Å². The van der Waals surface area contributed by atoms with Crippen LogP contribution in [0.4, 0.5) is 0 Å². The number of carbonyl (C=O) groups excluding carboxylic acids is 1. The summed E-state index contributed by atoms with van der Waals surface area (Å²) in [6.45, 7) is 1.03. The van der Waals surface area contributed by atoms with Crippen LogP contribution in [0.1, 0.15) is 21.6 Å². The highest BCUT2D eigenvalue weighted by atomic mass is 16.2. The summed E-state index contributed by atoms with van der Waals surface area (Å²) in [5.41, 5.74) is 4.03. The molecule has 132 valence electrons. The molecule has 0 aliphatic heterocycles. The van der Waals surface area contributed by atoms with Crippen LogP contribution in [0.15, 0.2) is 91.1 Å². The van der Waals surface area contributed by atoms with Crippen molar-refractivity contribution in [3.8, 4) is 0 Å². The van der Waals surface area contributed by atoms with Crippen molar-refractivity contribution in [2.24, 2.45) is 0 Å². The number of aromatic nitrogens is 2. The van der Waals surface area contributed by atoms with Gasteiger partial charge in [0, 0.05) is 13.1 Å². The molecule has 0 unspecified atom stereocenters. The summed E-state index contributed by atoms with van der Waals surface area (Å²) in [6.07, 6.45) is 1.56. The molecule has 0 radical (unpaired) electrons. The van der Waals surface area contributed by atoms with Gasteiger partial charge in [-0.05, 0) is 23.3 Å². The maximum Gasteiger partial charge on any atom is 0.274 e. The van der Waals surface area contributed by atoms with Crippen LogP contribution in [0.5, 0.6) is 0 Å². The molecule has 0 fully saturated rings. The summed E-state index contributed by atoms with van der Waals surface area (Å²) in [5.74, 6) is -0.124. The number of rotatable bonds is 5. The van der Waals surface area contributed by atoms with Gasteiger partial charge in [-0.3, -0.25) is 9.78 Å². The second-order valence-corrected chi connectivity index (χ2v) is 6.38. The third kappa shape index (κ3) is 4.01. The van der Waals surface area contributed by atoms with Crippen molar-refractivity contribution in [1.82, 2.24) is 14.9 Å². The van der Waals surface area contributed by atoms with E-state index in [0.717, 1.165) is 22.2 Å². The largest absolute Gasteiger partial charge is 0.329 e. The van der Waals surface area contributed by atoms with E-state index in [-0.39, 0.29) is 5.91 Å². The second kappa shape index (κ2) is 7.79. The van der Waals surface area contributed by atoms with Crippen molar-refractivity contribution in [2.45, 2.75) is 13.1 Å². The van der Waals surface area contributed by atoms with E-state index in [1.807, 2.05) is 89.8 Å². The number of hydrogen-bond acceptors (Lipinski definition) is 3. The molecule has 3 aromatic carbocycles. The van der Waals surface area contributed by atoms with Gasteiger partial charge in [-0.2, -0.15) is 0 Å². The normalized spacial score (nSPS) is 10.7. The Labute approximate surface area is 158 Å². The number of nitrogens with zero attached hydrogens (tertiary/aromatic N) is 3. The van der Waals surface area contributed by atoms with E-state index in [1.165, 1.54) is 0 Å². The number of para-hydroxylation sites is 2. The van der Waals surface area contributed by atoms with Crippen LogP contribution in [0.25, 0.3) is 11.0 Å². The minimum atomic E-state index is -0.124. The molecule has 0 saturated heterocycles. The van der Waals surface area contributed by atoms with Crippen LogP contribution < -0.4 is 0 Å². The third-order valence-corrected chi connectivity index (χ3v) is 4.39. The molecule has 4 rings (SSSR count). The van der Waals surface area contributed by atoms with Crippen LogP contribution in [0.3, 0.4) is 0 Å². The molecule has 0 spiro atoms. The SMILES string of the molecule is O=C(c1cnc2ccccc2n1)N(Cc1ccccc1)Cc1ccccc1. The number of carbonyl (C=O) groups is 1. The predicted molar refractivity (Wildman–Crippen MR) is 106 cm³/mol. The summed E-state index contributed by atoms with van der Waals surface area (Å²) in [5, 5.41) is 0. The second-order valence-electron chi connectivity index (χ2n) is 6.38. The van der Waals surface area contributed by atoms with Gasteiger partial charge >= 0.3 is 0 Å². The van der Waals surface area contributed by atoms with Crippen molar-refractivity contribution >= 4 is 16.9 Å². The minimum absolute atomic E-state index is 0.124. The Morgan fingerprint density at radius 3 is 1.81 bits per heavy atom. The van der Waals surface area contributed by atoms with Crippen molar-refractivity contribution in [3.05, 3.63) is 108 Å². The first-order chi connectivity index (χ1) is 13.3. The highest BCUT2D eigenvalue weighted by molar-refractivity contribution is 5.93. The smallest absolute Gasteiger partial charge is 0.274 e. The summed E-state index contributed by atoms with van der Waals surface area (Å²) >= 11 is 0. The van der Waals surface area contributed by atoms with Crippen molar-refractivity contribution in [3.63, 3.8) is 0 Å². The lowest BCUT2D eigenvalue weighted by molar-refractivity contribution is 0.0724. The number of fused-ring (bicyclic) bond motifs is 1. The first kappa shape index (κ1) is 16.9. The zero-order valence-electron chi connectivity index (χ0n) is 14.8. The third-order valence-electron chi connectivity index (χ3n) is 4.39. The fraction of sp³-hybridized carbons (Fsp3) is 0.0870. The van der Waals surface area contributed by atoms with E-state index < -0.39 is 0 Å². The highest BCUT2D eigenvalue weighted by Gasteiger charge is 2.19. The first-order valence-electron chi connectivity index (χ1n) is 8.88. The van der Waals surface area contributed by atoms with Crippen LogP contribution in [0, 0.1) is 0 Å². The van der Waals surface area contributed by atoms with Crippen molar-refractivity contribution in [2.75, 3.05) is 0 Å². The zero-order chi connectivity index (χ0) is 18.5. The molecule has 0 bridgehead atoms. The van der Waals surface area contributed by atoms with E-state index in [2.05, 4.69) is 9.97 Å². The zero-order valence-corrected chi connectivity index (χ0v) is 14.8. The highest BCUT2D eigenvalue weighted by Crippen LogP contribution is 2.15. The van der Waals surface area contributed by atoms with Crippen LogP contribution in [-0.4, -0.2) is 20.8 Å². The lowest BCUT2D eigenvalue weighted by Gasteiger charge is -2.23. The molecule has 0 aliphatic carbocycles. The monoisotopic (exact) mass is 353 g/mol. The van der Waals surface area contributed by atoms with E-state index in [1.54, 1.807) is 6.20 Å². The van der Waals surface area contributed by atoms with Gasteiger partial charge in [-0.15, -0.1) is 0 Å². The summed E-state index contributed by atoms with van der Waals surface area (Å²) < 4.78 is 0. The number of hydrogen-bond donors (Lipinski definition) is 0. The number of amides is 1. The fourth-order valence-corrected chi connectivity index (χ4v) is 3.03. The van der Waals surface area contributed by atoms with Gasteiger partial charge in [0.15, 0.2) is 0 Å². The quantitative estimate of drug-likeness (QED) is 0.532. The molecule has 0 saturated carbocycles. The molecule has 1 amide bonds. The lowest BCUT2D eigenvalue weighted by atomic mass is 10.1. The van der Waals surface area contributed by atoms with Gasteiger partial charge < -0.3 is 4.90 Å². The predicted octanol–water partition coefficient (Wildman–Crippen LogP) is 4.47. The first-order valence-corrected chi connectivity index (χ1v) is 8.88. The molecule has 4 nitrogen and oxygen atoms in total. The Morgan fingerprint density at radius 2 is 1.22 bits per heavy atom. The molecule has 1 aromatic heterocycles. The summed E-state index contributed by atoms with van der Waals surface area (Å²) in [7, 11) is 0. The molecule has 0 aliphatic rings. The maximum absolute atomic E-state index is 13.2.